The molecule has 5 rings (SSSR count). The maximum absolute atomic E-state index is 13.8. The van der Waals surface area contributed by atoms with E-state index >= 15 is 0 Å². The zero-order chi connectivity index (χ0) is 25.4. The Morgan fingerprint density at radius 2 is 1.78 bits per heavy atom. The van der Waals surface area contributed by atoms with Gasteiger partial charge in [0.25, 0.3) is 0 Å². The summed E-state index contributed by atoms with van der Waals surface area (Å²) in [7, 11) is 0. The van der Waals surface area contributed by atoms with Crippen molar-refractivity contribution < 1.29 is 19.4 Å². The first kappa shape index (κ1) is 24.9. The number of Topliss-reactive ketones (excluding diaryl/α,β-unsaturated/α-hetero) is 1. The first-order chi connectivity index (χ1) is 17.4. The maximum atomic E-state index is 13.8. The standard InChI is InChI=1S/C29H29Cl2NO4/c1-2-22-28(29(35)36-19-9-3-4-10-19)26(16-7-5-8-18(33)13-16)27-23(32-22)14-17(15-24(27)34)25-20(30)11-6-12-21(25)31/h5-8,11-13,17,19,26,32-33H,2-4,9-10,14-15H2,1H3. The quantitative estimate of drug-likeness (QED) is 0.413. The fourth-order valence-electron chi connectivity index (χ4n) is 5.84. The number of hydrogen-bond donors (Lipinski definition) is 2. The molecule has 2 atom stereocenters. The number of carbonyl (C=O) groups is 2. The average Bonchev–Trinajstić information content (AvgIpc) is 3.35. The number of allylic oxidation sites excluding steroid dienone is 3. The lowest BCUT2D eigenvalue weighted by atomic mass is 9.71. The number of ether oxygens (including phenoxy) is 1. The minimum absolute atomic E-state index is 0.0700. The van der Waals surface area contributed by atoms with E-state index < -0.39 is 11.9 Å². The molecule has 3 aliphatic rings. The highest BCUT2D eigenvalue weighted by Gasteiger charge is 2.43. The van der Waals surface area contributed by atoms with Gasteiger partial charge in [0, 0.05) is 39.4 Å². The topological polar surface area (TPSA) is 75.6 Å². The summed E-state index contributed by atoms with van der Waals surface area (Å²) >= 11 is 13.0. The van der Waals surface area contributed by atoms with Crippen molar-refractivity contribution >= 4 is 35.0 Å². The number of dihydropyridines is 1. The molecule has 0 amide bonds. The maximum Gasteiger partial charge on any atom is 0.337 e. The smallest absolute Gasteiger partial charge is 0.337 e. The summed E-state index contributed by atoms with van der Waals surface area (Å²) in [5.74, 6) is -1.18. The zero-order valence-corrected chi connectivity index (χ0v) is 21.7. The van der Waals surface area contributed by atoms with Gasteiger partial charge in [0.1, 0.15) is 11.9 Å². The van der Waals surface area contributed by atoms with Crippen molar-refractivity contribution in [2.75, 3.05) is 0 Å². The van der Waals surface area contributed by atoms with Gasteiger partial charge in [-0.1, -0.05) is 48.3 Å². The normalized spacial score (nSPS) is 22.5. The fraction of sp³-hybridized carbons (Fsp3) is 0.379. The molecule has 0 spiro atoms. The molecule has 36 heavy (non-hydrogen) atoms. The molecule has 0 saturated heterocycles. The second-order valence-electron chi connectivity index (χ2n) is 9.77. The summed E-state index contributed by atoms with van der Waals surface area (Å²) in [6.45, 7) is 1.98. The summed E-state index contributed by atoms with van der Waals surface area (Å²) < 4.78 is 5.93. The Hall–Kier alpha value is -2.76. The van der Waals surface area contributed by atoms with E-state index in [1.54, 1.807) is 36.4 Å². The molecule has 2 N–H and O–H groups in total. The van der Waals surface area contributed by atoms with Crippen molar-refractivity contribution in [3.8, 4) is 5.75 Å². The van der Waals surface area contributed by atoms with Crippen LogP contribution in [0.15, 0.2) is 65.0 Å². The number of rotatable bonds is 5. The van der Waals surface area contributed by atoms with E-state index in [2.05, 4.69) is 5.32 Å². The number of benzene rings is 2. The van der Waals surface area contributed by atoms with E-state index in [1.165, 1.54) is 0 Å². The molecular formula is C29H29Cl2NO4. The predicted molar refractivity (Wildman–Crippen MR) is 140 cm³/mol. The fourth-order valence-corrected chi connectivity index (χ4v) is 6.54. The Morgan fingerprint density at radius 1 is 1.08 bits per heavy atom. The van der Waals surface area contributed by atoms with E-state index in [0.717, 1.165) is 42.6 Å². The summed E-state index contributed by atoms with van der Waals surface area (Å²) in [6.07, 6.45) is 5.04. The van der Waals surface area contributed by atoms with Gasteiger partial charge in [0.15, 0.2) is 5.78 Å². The van der Waals surface area contributed by atoms with Crippen LogP contribution in [0.1, 0.15) is 74.8 Å². The Morgan fingerprint density at radius 3 is 2.44 bits per heavy atom. The minimum atomic E-state index is -0.618. The van der Waals surface area contributed by atoms with Crippen molar-refractivity contribution in [2.45, 2.75) is 69.8 Å². The van der Waals surface area contributed by atoms with Gasteiger partial charge in [-0.2, -0.15) is 0 Å². The van der Waals surface area contributed by atoms with Gasteiger partial charge in [-0.15, -0.1) is 0 Å². The molecule has 1 saturated carbocycles. The number of hydrogen-bond acceptors (Lipinski definition) is 5. The van der Waals surface area contributed by atoms with Crippen LogP contribution >= 0.6 is 23.2 Å². The largest absolute Gasteiger partial charge is 0.508 e. The molecule has 2 unspecified atom stereocenters. The van der Waals surface area contributed by atoms with E-state index in [0.29, 0.717) is 39.6 Å². The van der Waals surface area contributed by atoms with Crippen LogP contribution in [0.3, 0.4) is 0 Å². The lowest BCUT2D eigenvalue weighted by Gasteiger charge is -2.37. The number of ketones is 1. The van der Waals surface area contributed by atoms with Crippen LogP contribution in [0, 0.1) is 0 Å². The van der Waals surface area contributed by atoms with Gasteiger partial charge in [-0.25, -0.2) is 4.79 Å². The Kier molecular flexibility index (Phi) is 7.14. The van der Waals surface area contributed by atoms with Crippen molar-refractivity contribution in [1.29, 1.82) is 0 Å². The molecule has 0 bridgehead atoms. The molecule has 0 radical (unpaired) electrons. The van der Waals surface area contributed by atoms with Gasteiger partial charge < -0.3 is 15.2 Å². The summed E-state index contributed by atoms with van der Waals surface area (Å²) in [5.41, 5.74) is 3.98. The second-order valence-corrected chi connectivity index (χ2v) is 10.6. The Balaban J connectivity index is 1.59. The molecule has 7 heteroatoms. The SMILES string of the molecule is CCC1=C(C(=O)OC2CCCC2)C(c2cccc(O)c2)C2=C(CC(c3c(Cl)cccc3Cl)CC2=O)N1. The average molecular weight is 526 g/mol. The van der Waals surface area contributed by atoms with E-state index in [1.807, 2.05) is 13.0 Å². The lowest BCUT2D eigenvalue weighted by molar-refractivity contribution is -0.144. The Bertz CT molecular complexity index is 1260. The van der Waals surface area contributed by atoms with Gasteiger partial charge >= 0.3 is 5.97 Å². The molecule has 0 aromatic heterocycles. The van der Waals surface area contributed by atoms with Crippen LogP contribution < -0.4 is 5.32 Å². The van der Waals surface area contributed by atoms with Crippen molar-refractivity contribution in [2.24, 2.45) is 0 Å². The number of esters is 1. The van der Waals surface area contributed by atoms with Gasteiger partial charge in [-0.3, -0.25) is 4.79 Å². The molecule has 2 aromatic carbocycles. The molecular weight excluding hydrogens is 497 g/mol. The van der Waals surface area contributed by atoms with Crippen molar-refractivity contribution in [1.82, 2.24) is 5.32 Å². The molecule has 2 aliphatic carbocycles. The number of carbonyl (C=O) groups excluding carboxylic acids is 2. The predicted octanol–water partition coefficient (Wildman–Crippen LogP) is 6.94. The van der Waals surface area contributed by atoms with Crippen LogP contribution in [-0.4, -0.2) is 23.0 Å². The third-order valence-electron chi connectivity index (χ3n) is 7.47. The van der Waals surface area contributed by atoms with Crippen molar-refractivity contribution in [3.05, 3.63) is 86.2 Å². The summed E-state index contributed by atoms with van der Waals surface area (Å²) in [4.78, 5) is 27.4. The lowest BCUT2D eigenvalue weighted by Crippen LogP contribution is -2.37. The monoisotopic (exact) mass is 525 g/mol. The molecule has 1 fully saturated rings. The van der Waals surface area contributed by atoms with E-state index in [-0.39, 0.29) is 30.0 Å². The molecule has 5 nitrogen and oxygen atoms in total. The first-order valence-corrected chi connectivity index (χ1v) is 13.3. The van der Waals surface area contributed by atoms with Crippen LogP contribution in [0.4, 0.5) is 0 Å². The molecule has 1 heterocycles. The number of phenolic OH excluding ortho intramolecular Hbond substituents is 1. The Labute approximate surface area is 221 Å². The summed E-state index contributed by atoms with van der Waals surface area (Å²) in [6, 6.07) is 12.2. The molecule has 188 valence electrons. The van der Waals surface area contributed by atoms with Gasteiger partial charge in [0.05, 0.1) is 5.57 Å². The van der Waals surface area contributed by atoms with Gasteiger partial charge in [-0.05, 0) is 79.8 Å². The van der Waals surface area contributed by atoms with E-state index in [9.17, 15) is 14.7 Å². The third-order valence-corrected chi connectivity index (χ3v) is 8.13. The number of aromatic hydroxyl groups is 1. The highest BCUT2D eigenvalue weighted by atomic mass is 35.5. The van der Waals surface area contributed by atoms with Crippen LogP contribution in [0.5, 0.6) is 5.75 Å². The van der Waals surface area contributed by atoms with Crippen molar-refractivity contribution in [3.63, 3.8) is 0 Å². The third kappa shape index (κ3) is 4.67. The van der Waals surface area contributed by atoms with Gasteiger partial charge in [0.2, 0.25) is 0 Å². The number of halogens is 2. The number of phenols is 1. The van der Waals surface area contributed by atoms with E-state index in [4.69, 9.17) is 27.9 Å². The zero-order valence-electron chi connectivity index (χ0n) is 20.2. The summed E-state index contributed by atoms with van der Waals surface area (Å²) in [5, 5.41) is 14.8. The number of nitrogens with one attached hydrogen (secondary N) is 1. The highest BCUT2D eigenvalue weighted by Crippen LogP contribution is 2.48. The molecule has 1 aliphatic heterocycles. The minimum Gasteiger partial charge on any atom is -0.508 e. The highest BCUT2D eigenvalue weighted by molar-refractivity contribution is 6.36. The van der Waals surface area contributed by atoms with Crippen LogP contribution in [-0.2, 0) is 14.3 Å². The van der Waals surface area contributed by atoms with Crippen LogP contribution in [0.25, 0.3) is 0 Å². The molecule has 2 aromatic rings. The van der Waals surface area contributed by atoms with Crippen LogP contribution in [0.2, 0.25) is 10.0 Å². The first-order valence-electron chi connectivity index (χ1n) is 12.6. The second kappa shape index (κ2) is 10.3.